The van der Waals surface area contributed by atoms with Crippen molar-refractivity contribution in [2.45, 2.75) is 11.6 Å². The fourth-order valence-corrected chi connectivity index (χ4v) is 4.00. The molecule has 0 saturated carbocycles. The summed E-state index contributed by atoms with van der Waals surface area (Å²) in [6, 6.07) is 7.27. The maximum atomic E-state index is 12.4. The number of halogens is 1. The molecule has 2 aromatic heterocycles. The highest BCUT2D eigenvalue weighted by Gasteiger charge is 2.13. The Morgan fingerprint density at radius 1 is 1.35 bits per heavy atom. The van der Waals surface area contributed by atoms with Crippen LogP contribution in [0.15, 0.2) is 39.6 Å². The van der Waals surface area contributed by atoms with E-state index in [1.54, 1.807) is 12.1 Å². The van der Waals surface area contributed by atoms with Gasteiger partial charge in [-0.2, -0.15) is 0 Å². The summed E-state index contributed by atoms with van der Waals surface area (Å²) in [5.74, 6) is -0.513. The highest BCUT2D eigenvalue weighted by Crippen LogP contribution is 2.32. The van der Waals surface area contributed by atoms with Gasteiger partial charge in [-0.3, -0.25) is 9.59 Å². The number of carboxylic acid groups (broad SMARTS) is 1. The van der Waals surface area contributed by atoms with Gasteiger partial charge in [-0.25, -0.2) is 4.98 Å². The number of thiophene rings is 1. The van der Waals surface area contributed by atoms with Crippen molar-refractivity contribution in [1.82, 2.24) is 9.97 Å². The molecule has 0 fully saturated rings. The van der Waals surface area contributed by atoms with Crippen LogP contribution in [-0.4, -0.2) is 26.8 Å². The van der Waals surface area contributed by atoms with E-state index in [4.69, 9.17) is 16.7 Å². The summed E-state index contributed by atoms with van der Waals surface area (Å²) in [6.07, 6.45) is 0.0207. The van der Waals surface area contributed by atoms with Gasteiger partial charge in [0, 0.05) is 21.7 Å². The zero-order valence-electron chi connectivity index (χ0n) is 11.7. The minimum atomic E-state index is -0.873. The molecule has 118 valence electrons. The first-order valence-corrected chi connectivity index (χ1v) is 8.91. The number of carboxylic acids is 1. The lowest BCUT2D eigenvalue weighted by Crippen LogP contribution is -2.09. The summed E-state index contributed by atoms with van der Waals surface area (Å²) < 4.78 is 0. The Hall–Kier alpha value is -1.83. The number of aromatic amines is 1. The van der Waals surface area contributed by atoms with E-state index in [0.29, 0.717) is 26.1 Å². The number of benzene rings is 1. The van der Waals surface area contributed by atoms with Gasteiger partial charge >= 0.3 is 5.97 Å². The molecule has 0 bridgehead atoms. The molecule has 1 aromatic carbocycles. The average molecular weight is 367 g/mol. The Kier molecular flexibility index (Phi) is 4.70. The second-order valence-electron chi connectivity index (χ2n) is 4.70. The molecule has 0 aliphatic carbocycles. The van der Waals surface area contributed by atoms with E-state index in [1.807, 2.05) is 17.5 Å². The number of nitrogens with one attached hydrogen (secondary N) is 1. The number of aliphatic carboxylic acids is 1. The van der Waals surface area contributed by atoms with Crippen LogP contribution in [0.2, 0.25) is 5.02 Å². The topological polar surface area (TPSA) is 83.0 Å². The van der Waals surface area contributed by atoms with Crippen molar-refractivity contribution in [3.8, 4) is 11.1 Å². The summed E-state index contributed by atoms with van der Waals surface area (Å²) in [7, 11) is 0. The molecule has 2 heterocycles. The summed E-state index contributed by atoms with van der Waals surface area (Å²) in [6.45, 7) is 0. The van der Waals surface area contributed by atoms with Gasteiger partial charge in [0.15, 0.2) is 5.16 Å². The predicted molar refractivity (Wildman–Crippen MR) is 93.7 cm³/mol. The predicted octanol–water partition coefficient (Wildman–Crippen LogP) is 3.87. The SMILES string of the molecule is O=C(O)CCSc1nc2scc(-c3ccc(Cl)cc3)c2c(=O)[nH]1. The van der Waals surface area contributed by atoms with Gasteiger partial charge < -0.3 is 10.1 Å². The minimum Gasteiger partial charge on any atom is -0.481 e. The zero-order chi connectivity index (χ0) is 16.4. The molecule has 0 atom stereocenters. The molecule has 8 heteroatoms. The van der Waals surface area contributed by atoms with Crippen LogP contribution in [0.1, 0.15) is 6.42 Å². The molecule has 0 aliphatic heterocycles. The maximum absolute atomic E-state index is 12.4. The quantitative estimate of drug-likeness (QED) is 0.529. The number of thioether (sulfide) groups is 1. The summed E-state index contributed by atoms with van der Waals surface area (Å²) in [5.41, 5.74) is 1.50. The van der Waals surface area contributed by atoms with E-state index in [2.05, 4.69) is 9.97 Å². The second-order valence-corrected chi connectivity index (χ2v) is 7.08. The van der Waals surface area contributed by atoms with Crippen LogP contribution < -0.4 is 5.56 Å². The van der Waals surface area contributed by atoms with Gasteiger partial charge in [-0.05, 0) is 17.7 Å². The third-order valence-corrected chi connectivity index (χ3v) is 5.13. The van der Waals surface area contributed by atoms with Crippen LogP contribution in [0.4, 0.5) is 0 Å². The molecule has 0 saturated heterocycles. The van der Waals surface area contributed by atoms with Crippen molar-refractivity contribution >= 4 is 50.9 Å². The Bertz CT molecular complexity index is 919. The summed E-state index contributed by atoms with van der Waals surface area (Å²) in [5, 5.41) is 12.2. The fraction of sp³-hybridized carbons (Fsp3) is 0.133. The first-order chi connectivity index (χ1) is 11.0. The number of H-pyrrole nitrogens is 1. The van der Waals surface area contributed by atoms with Crippen LogP contribution in [0, 0.1) is 0 Å². The largest absolute Gasteiger partial charge is 0.481 e. The number of hydrogen-bond donors (Lipinski definition) is 2. The zero-order valence-corrected chi connectivity index (χ0v) is 14.1. The normalized spacial score (nSPS) is 11.0. The van der Waals surface area contributed by atoms with Gasteiger partial charge in [0.1, 0.15) is 4.83 Å². The molecule has 0 spiro atoms. The number of nitrogens with zero attached hydrogens (tertiary/aromatic N) is 1. The molecule has 3 aromatic rings. The number of aromatic nitrogens is 2. The lowest BCUT2D eigenvalue weighted by Gasteiger charge is -2.01. The van der Waals surface area contributed by atoms with E-state index in [0.717, 1.165) is 11.1 Å². The van der Waals surface area contributed by atoms with Crippen LogP contribution in [0.5, 0.6) is 0 Å². The molecular formula is C15H11ClN2O3S2. The standard InChI is InChI=1S/C15H11ClN2O3S2/c16-9-3-1-8(2-4-9)10-7-23-14-12(10)13(21)17-15(18-14)22-6-5-11(19)20/h1-4,7H,5-6H2,(H,19,20)(H,17,18,21). The highest BCUT2D eigenvalue weighted by molar-refractivity contribution is 7.99. The van der Waals surface area contributed by atoms with E-state index in [9.17, 15) is 9.59 Å². The van der Waals surface area contributed by atoms with Crippen molar-refractivity contribution in [2.24, 2.45) is 0 Å². The number of carbonyl (C=O) groups is 1. The molecule has 0 unspecified atom stereocenters. The van der Waals surface area contributed by atoms with Crippen LogP contribution in [0.3, 0.4) is 0 Å². The van der Waals surface area contributed by atoms with Crippen LogP contribution in [-0.2, 0) is 4.79 Å². The summed E-state index contributed by atoms with van der Waals surface area (Å²) >= 11 is 8.51. The third-order valence-electron chi connectivity index (χ3n) is 3.13. The molecule has 23 heavy (non-hydrogen) atoms. The van der Waals surface area contributed by atoms with Gasteiger partial charge in [0.05, 0.1) is 11.8 Å². The third kappa shape index (κ3) is 3.57. The first kappa shape index (κ1) is 16.0. The van der Waals surface area contributed by atoms with Gasteiger partial charge in [0.25, 0.3) is 5.56 Å². The minimum absolute atomic E-state index is 0.0207. The smallest absolute Gasteiger partial charge is 0.304 e. The number of hydrogen-bond acceptors (Lipinski definition) is 5. The lowest BCUT2D eigenvalue weighted by atomic mass is 10.1. The number of fused-ring (bicyclic) bond motifs is 1. The van der Waals surface area contributed by atoms with E-state index >= 15 is 0 Å². The Balaban J connectivity index is 1.96. The van der Waals surface area contributed by atoms with Gasteiger partial charge in [-0.1, -0.05) is 35.5 Å². The van der Waals surface area contributed by atoms with Gasteiger partial charge in [0.2, 0.25) is 0 Å². The highest BCUT2D eigenvalue weighted by atomic mass is 35.5. The maximum Gasteiger partial charge on any atom is 0.304 e. The Labute approximate surface area is 144 Å². The molecule has 5 nitrogen and oxygen atoms in total. The second kappa shape index (κ2) is 6.74. The molecule has 0 aliphatic rings. The van der Waals surface area contributed by atoms with Crippen molar-refractivity contribution in [1.29, 1.82) is 0 Å². The number of rotatable bonds is 5. The fourth-order valence-electron chi connectivity index (χ4n) is 2.07. The van der Waals surface area contributed by atoms with E-state index < -0.39 is 5.97 Å². The van der Waals surface area contributed by atoms with E-state index in [1.165, 1.54) is 23.1 Å². The lowest BCUT2D eigenvalue weighted by molar-refractivity contribution is -0.136. The summed E-state index contributed by atoms with van der Waals surface area (Å²) in [4.78, 5) is 30.7. The van der Waals surface area contributed by atoms with E-state index in [-0.39, 0.29) is 12.0 Å². The van der Waals surface area contributed by atoms with Crippen LogP contribution >= 0.6 is 34.7 Å². The molecule has 3 rings (SSSR count). The molecular weight excluding hydrogens is 356 g/mol. The average Bonchev–Trinajstić information content (AvgIpc) is 2.92. The van der Waals surface area contributed by atoms with Crippen molar-refractivity contribution in [2.75, 3.05) is 5.75 Å². The van der Waals surface area contributed by atoms with Gasteiger partial charge in [-0.15, -0.1) is 11.3 Å². The molecule has 0 amide bonds. The van der Waals surface area contributed by atoms with Crippen molar-refractivity contribution < 1.29 is 9.90 Å². The van der Waals surface area contributed by atoms with Crippen molar-refractivity contribution in [3.05, 3.63) is 45.0 Å². The monoisotopic (exact) mass is 366 g/mol. The molecule has 2 N–H and O–H groups in total. The van der Waals surface area contributed by atoms with Crippen LogP contribution in [0.25, 0.3) is 21.3 Å². The molecule has 0 radical (unpaired) electrons. The Morgan fingerprint density at radius 3 is 2.78 bits per heavy atom. The Morgan fingerprint density at radius 2 is 2.09 bits per heavy atom. The first-order valence-electron chi connectivity index (χ1n) is 6.66. The van der Waals surface area contributed by atoms with Crippen molar-refractivity contribution in [3.63, 3.8) is 0 Å².